The number of ether oxygens (including phenoxy) is 1. The van der Waals surface area contributed by atoms with Gasteiger partial charge in [0, 0.05) is 30.6 Å². The van der Waals surface area contributed by atoms with Crippen molar-refractivity contribution in [3.05, 3.63) is 98.8 Å². The number of carbonyl (C=O) groups excluding carboxylic acids is 3. The van der Waals surface area contributed by atoms with E-state index < -0.39 is 36.4 Å². The molecule has 0 aliphatic rings. The maximum absolute atomic E-state index is 13.9. The van der Waals surface area contributed by atoms with Crippen molar-refractivity contribution in [1.82, 2.24) is 25.9 Å². The number of rotatable bonds is 16. The lowest BCUT2D eigenvalue weighted by Crippen LogP contribution is -2.56. The van der Waals surface area contributed by atoms with Crippen LogP contribution in [0.15, 0.2) is 77.8 Å². The van der Waals surface area contributed by atoms with Crippen LogP contribution in [0, 0.1) is 5.92 Å². The van der Waals surface area contributed by atoms with Gasteiger partial charge in [0.25, 0.3) is 0 Å². The van der Waals surface area contributed by atoms with Gasteiger partial charge in [0.15, 0.2) is 0 Å². The quantitative estimate of drug-likeness (QED) is 0.113. The Hall–Kier alpha value is -4.33. The average molecular weight is 707 g/mol. The van der Waals surface area contributed by atoms with E-state index in [1.807, 2.05) is 93.7 Å². The van der Waals surface area contributed by atoms with E-state index in [9.17, 15) is 19.5 Å². The summed E-state index contributed by atoms with van der Waals surface area (Å²) in [4.78, 5) is 50.8. The second-order valence-corrected chi connectivity index (χ2v) is 14.5. The predicted molar refractivity (Wildman–Crippen MR) is 194 cm³/mol. The molecule has 0 saturated carbocycles. The van der Waals surface area contributed by atoms with E-state index in [0.717, 1.165) is 21.0 Å². The van der Waals surface area contributed by atoms with Crippen LogP contribution in [0.5, 0.6) is 0 Å². The van der Waals surface area contributed by atoms with Gasteiger partial charge in [-0.1, -0.05) is 88.4 Å². The molecule has 262 valence electrons. The van der Waals surface area contributed by atoms with Gasteiger partial charge in [-0.05, 0) is 36.3 Å². The van der Waals surface area contributed by atoms with Crippen molar-refractivity contribution in [2.75, 3.05) is 11.9 Å². The fourth-order valence-corrected chi connectivity index (χ4v) is 6.56. The Morgan fingerprint density at radius 2 is 1.55 bits per heavy atom. The van der Waals surface area contributed by atoms with Crippen molar-refractivity contribution in [1.29, 1.82) is 0 Å². The first-order valence-electron chi connectivity index (χ1n) is 16.4. The molecule has 0 unspecified atom stereocenters. The first-order chi connectivity index (χ1) is 23.5. The standard InChI is InChI=1S/C36H46N6O5S2/c1-23(2)32(41-35(45)42(5)31-21-48-34(40-31)24(3)4)33(44)38-27(16-25-12-8-6-9-13-25)18-30(43)29(17-26-14-10-7-11-15-26)39-36(46)47-20-28-19-37-22-49-28/h6-15,19,21-24,27,29-30,32,43H,16-18,20H2,1-5H3,(H,38,44)(H,39,46)(H,41,45)/t27-,29-,30-,32-/m0/s1. The summed E-state index contributed by atoms with van der Waals surface area (Å²) in [5.74, 6) is 0.143. The van der Waals surface area contributed by atoms with E-state index in [4.69, 9.17) is 4.74 Å². The number of nitrogens with one attached hydrogen (secondary N) is 3. The Balaban J connectivity index is 1.49. The van der Waals surface area contributed by atoms with Gasteiger partial charge in [0.05, 0.1) is 27.5 Å². The van der Waals surface area contributed by atoms with Crippen LogP contribution in [0.25, 0.3) is 0 Å². The lowest BCUT2D eigenvalue weighted by atomic mass is 9.93. The van der Waals surface area contributed by atoms with Gasteiger partial charge in [0.2, 0.25) is 5.91 Å². The molecule has 13 heteroatoms. The van der Waals surface area contributed by atoms with Crippen molar-refractivity contribution < 1.29 is 24.2 Å². The molecule has 4 amide bonds. The summed E-state index contributed by atoms with van der Waals surface area (Å²) in [7, 11) is 1.63. The summed E-state index contributed by atoms with van der Waals surface area (Å²) in [6, 6.07) is 16.7. The van der Waals surface area contributed by atoms with Crippen molar-refractivity contribution in [2.24, 2.45) is 5.92 Å². The molecule has 11 nitrogen and oxygen atoms in total. The number of aliphatic hydroxyl groups excluding tert-OH is 1. The zero-order valence-corrected chi connectivity index (χ0v) is 30.2. The maximum Gasteiger partial charge on any atom is 0.407 e. The number of anilines is 1. The Bertz CT molecular complexity index is 1600. The summed E-state index contributed by atoms with van der Waals surface area (Å²) in [6.45, 7) is 7.88. The molecule has 2 aromatic heterocycles. The van der Waals surface area contributed by atoms with Crippen LogP contribution < -0.4 is 20.9 Å². The molecule has 2 heterocycles. The smallest absolute Gasteiger partial charge is 0.407 e. The minimum atomic E-state index is -1.05. The summed E-state index contributed by atoms with van der Waals surface area (Å²) in [5, 5.41) is 23.2. The summed E-state index contributed by atoms with van der Waals surface area (Å²) >= 11 is 2.87. The van der Waals surface area contributed by atoms with Gasteiger partial charge in [-0.15, -0.1) is 22.7 Å². The second-order valence-electron chi connectivity index (χ2n) is 12.6. The fraction of sp³-hybridized carbons (Fsp3) is 0.417. The highest BCUT2D eigenvalue weighted by molar-refractivity contribution is 7.10. The summed E-state index contributed by atoms with van der Waals surface area (Å²) in [5.41, 5.74) is 3.55. The molecule has 0 bridgehead atoms. The third kappa shape index (κ3) is 11.7. The van der Waals surface area contributed by atoms with Crippen LogP contribution in [0.3, 0.4) is 0 Å². The Morgan fingerprint density at radius 3 is 2.12 bits per heavy atom. The molecule has 4 aromatic rings. The van der Waals surface area contributed by atoms with E-state index in [1.165, 1.54) is 27.6 Å². The van der Waals surface area contributed by atoms with Crippen LogP contribution >= 0.6 is 22.7 Å². The number of aromatic nitrogens is 2. The highest BCUT2D eigenvalue weighted by atomic mass is 32.1. The van der Waals surface area contributed by atoms with Gasteiger partial charge >= 0.3 is 12.1 Å². The third-order valence-electron chi connectivity index (χ3n) is 7.97. The fourth-order valence-electron chi connectivity index (χ4n) is 5.20. The monoisotopic (exact) mass is 706 g/mol. The number of amides is 4. The number of alkyl carbamates (subject to hydrolysis) is 1. The number of aliphatic hydroxyl groups is 1. The van der Waals surface area contributed by atoms with Crippen molar-refractivity contribution >= 4 is 46.5 Å². The van der Waals surface area contributed by atoms with E-state index >= 15 is 0 Å². The SMILES string of the molecule is CC(C)c1nc(N(C)C(=O)N[C@H](C(=O)N[C@@H](Cc2ccccc2)C[C@H](O)[C@H](Cc2ccccc2)NC(=O)OCc2cncs2)C(C)C)cs1. The van der Waals surface area contributed by atoms with Crippen molar-refractivity contribution in [3.63, 3.8) is 0 Å². The first kappa shape index (κ1) is 37.5. The van der Waals surface area contributed by atoms with Crippen molar-refractivity contribution in [2.45, 2.75) is 83.7 Å². The van der Waals surface area contributed by atoms with Crippen LogP contribution in [-0.4, -0.2) is 64.4 Å². The number of nitrogens with zero attached hydrogens (tertiary/aromatic N) is 3. The summed E-state index contributed by atoms with van der Waals surface area (Å²) < 4.78 is 5.42. The summed E-state index contributed by atoms with van der Waals surface area (Å²) in [6.07, 6.45) is 0.816. The number of benzene rings is 2. The molecule has 4 atom stereocenters. The molecule has 0 spiro atoms. The topological polar surface area (TPSA) is 146 Å². The second kappa shape index (κ2) is 18.4. The number of urea groups is 1. The molecule has 0 fully saturated rings. The molecule has 49 heavy (non-hydrogen) atoms. The minimum Gasteiger partial charge on any atom is -0.444 e. The predicted octanol–water partition coefficient (Wildman–Crippen LogP) is 5.91. The Morgan fingerprint density at radius 1 is 0.898 bits per heavy atom. The highest BCUT2D eigenvalue weighted by Gasteiger charge is 2.31. The molecular weight excluding hydrogens is 661 g/mol. The van der Waals surface area contributed by atoms with E-state index in [-0.39, 0.29) is 30.8 Å². The van der Waals surface area contributed by atoms with Crippen LogP contribution in [0.4, 0.5) is 15.4 Å². The average Bonchev–Trinajstić information content (AvgIpc) is 3.79. The molecular formula is C36H46N6O5S2. The van der Waals surface area contributed by atoms with Gasteiger partial charge in [-0.3, -0.25) is 14.7 Å². The zero-order valence-electron chi connectivity index (χ0n) is 28.5. The largest absolute Gasteiger partial charge is 0.444 e. The van der Waals surface area contributed by atoms with Crippen molar-refractivity contribution in [3.8, 4) is 0 Å². The molecule has 4 N–H and O–H groups in total. The normalized spacial score (nSPS) is 13.7. The minimum absolute atomic E-state index is 0.0657. The van der Waals surface area contributed by atoms with Gasteiger partial charge < -0.3 is 25.8 Å². The van der Waals surface area contributed by atoms with Crippen LogP contribution in [-0.2, 0) is 29.0 Å². The van der Waals surface area contributed by atoms with E-state index in [2.05, 4.69) is 25.9 Å². The van der Waals surface area contributed by atoms with Gasteiger partial charge in [-0.25, -0.2) is 14.6 Å². The molecule has 2 aromatic carbocycles. The number of carbonyl (C=O) groups is 3. The molecule has 0 aliphatic carbocycles. The number of hydrogen-bond donors (Lipinski definition) is 4. The molecule has 0 aliphatic heterocycles. The van der Waals surface area contributed by atoms with Gasteiger partial charge in [-0.2, -0.15) is 0 Å². The molecule has 4 rings (SSSR count). The van der Waals surface area contributed by atoms with E-state index in [1.54, 1.807) is 18.8 Å². The number of thiazole rings is 2. The molecule has 0 saturated heterocycles. The third-order valence-corrected chi connectivity index (χ3v) is 9.86. The highest BCUT2D eigenvalue weighted by Crippen LogP contribution is 2.24. The first-order valence-corrected chi connectivity index (χ1v) is 18.1. The number of hydrogen-bond acceptors (Lipinski definition) is 9. The lowest BCUT2D eigenvalue weighted by Gasteiger charge is -2.30. The zero-order chi connectivity index (χ0) is 35.3. The van der Waals surface area contributed by atoms with Gasteiger partial charge in [0.1, 0.15) is 18.5 Å². The molecule has 0 radical (unpaired) electrons. The Labute approximate surface area is 296 Å². The lowest BCUT2D eigenvalue weighted by molar-refractivity contribution is -0.124. The maximum atomic E-state index is 13.9. The van der Waals surface area contributed by atoms with Crippen LogP contribution in [0.1, 0.15) is 61.0 Å². The Kier molecular flexibility index (Phi) is 14.1. The van der Waals surface area contributed by atoms with E-state index in [0.29, 0.717) is 18.7 Å². The van der Waals surface area contributed by atoms with Crippen LogP contribution in [0.2, 0.25) is 0 Å².